The molecular weight excluding hydrogens is 258 g/mol. The van der Waals surface area contributed by atoms with Gasteiger partial charge in [0, 0.05) is 12.6 Å². The standard InChI is InChI=1S/C12H23N7O/c1-3-20-12-16-10(15-11(17-12)18-13)14-8-9(2)19-6-4-5-7-19/h9H,3-8,13H2,1-2H3,(H2,14,15,16,17,18). The average molecular weight is 281 g/mol. The van der Waals surface area contributed by atoms with Crippen molar-refractivity contribution in [2.24, 2.45) is 5.84 Å². The molecule has 1 aliphatic heterocycles. The number of hydrazine groups is 1. The number of nitrogens with zero attached hydrogens (tertiary/aromatic N) is 4. The molecule has 112 valence electrons. The Morgan fingerprint density at radius 1 is 1.25 bits per heavy atom. The Morgan fingerprint density at radius 3 is 2.60 bits per heavy atom. The van der Waals surface area contributed by atoms with Crippen molar-refractivity contribution in [2.75, 3.05) is 37.0 Å². The van der Waals surface area contributed by atoms with Crippen LogP contribution in [0, 0.1) is 0 Å². The number of nitrogens with one attached hydrogen (secondary N) is 2. The minimum Gasteiger partial charge on any atom is -0.464 e. The molecule has 1 unspecified atom stereocenters. The molecule has 0 bridgehead atoms. The molecule has 2 rings (SSSR count). The molecule has 1 saturated heterocycles. The highest BCUT2D eigenvalue weighted by Gasteiger charge is 2.18. The Balaban J connectivity index is 1.95. The molecule has 1 aromatic rings. The van der Waals surface area contributed by atoms with Crippen LogP contribution in [0.5, 0.6) is 6.01 Å². The van der Waals surface area contributed by atoms with Crippen molar-refractivity contribution in [1.82, 2.24) is 19.9 Å². The van der Waals surface area contributed by atoms with E-state index < -0.39 is 0 Å². The Morgan fingerprint density at radius 2 is 1.95 bits per heavy atom. The molecule has 0 aromatic carbocycles. The lowest BCUT2D eigenvalue weighted by Gasteiger charge is -2.23. The molecule has 1 aromatic heterocycles. The van der Waals surface area contributed by atoms with Crippen LogP contribution >= 0.6 is 0 Å². The summed E-state index contributed by atoms with van der Waals surface area (Å²) >= 11 is 0. The Labute approximate surface area is 119 Å². The lowest BCUT2D eigenvalue weighted by Crippen LogP contribution is -2.35. The smallest absolute Gasteiger partial charge is 0.323 e. The molecule has 0 aliphatic carbocycles. The van der Waals surface area contributed by atoms with Gasteiger partial charge in [-0.3, -0.25) is 10.3 Å². The maximum atomic E-state index is 5.34. The number of rotatable bonds is 7. The molecule has 1 atom stereocenters. The number of hydrogen-bond donors (Lipinski definition) is 3. The van der Waals surface area contributed by atoms with Gasteiger partial charge in [-0.2, -0.15) is 15.0 Å². The van der Waals surface area contributed by atoms with Gasteiger partial charge in [0.2, 0.25) is 11.9 Å². The Kier molecular flexibility index (Phi) is 5.31. The van der Waals surface area contributed by atoms with Crippen LogP contribution in [0.2, 0.25) is 0 Å². The monoisotopic (exact) mass is 281 g/mol. The van der Waals surface area contributed by atoms with Crippen LogP contribution < -0.4 is 21.3 Å². The highest BCUT2D eigenvalue weighted by Crippen LogP contribution is 2.13. The lowest BCUT2D eigenvalue weighted by molar-refractivity contribution is 0.268. The molecule has 1 aliphatic rings. The first kappa shape index (κ1) is 14.7. The summed E-state index contributed by atoms with van der Waals surface area (Å²) < 4.78 is 5.29. The van der Waals surface area contributed by atoms with Crippen molar-refractivity contribution >= 4 is 11.9 Å². The van der Waals surface area contributed by atoms with Crippen LogP contribution in [0.25, 0.3) is 0 Å². The van der Waals surface area contributed by atoms with Gasteiger partial charge in [-0.05, 0) is 39.8 Å². The number of nitrogen functional groups attached to an aromatic ring is 1. The van der Waals surface area contributed by atoms with E-state index >= 15 is 0 Å². The normalized spacial score (nSPS) is 16.9. The maximum absolute atomic E-state index is 5.34. The zero-order valence-corrected chi connectivity index (χ0v) is 12.1. The number of nitrogens with two attached hydrogens (primary N) is 1. The number of hydrogen-bond acceptors (Lipinski definition) is 8. The van der Waals surface area contributed by atoms with E-state index in [0.29, 0.717) is 24.5 Å². The van der Waals surface area contributed by atoms with Crippen molar-refractivity contribution in [2.45, 2.75) is 32.7 Å². The highest BCUT2D eigenvalue weighted by molar-refractivity contribution is 5.35. The molecule has 8 nitrogen and oxygen atoms in total. The van der Waals surface area contributed by atoms with Gasteiger partial charge in [0.05, 0.1) is 6.61 Å². The van der Waals surface area contributed by atoms with Crippen LogP contribution in [0.15, 0.2) is 0 Å². The van der Waals surface area contributed by atoms with Crippen molar-refractivity contribution in [3.05, 3.63) is 0 Å². The number of likely N-dealkylation sites (tertiary alicyclic amines) is 1. The fourth-order valence-electron chi connectivity index (χ4n) is 2.24. The third kappa shape index (κ3) is 3.91. The predicted octanol–water partition coefficient (Wildman–Crippen LogP) is 0.452. The van der Waals surface area contributed by atoms with Gasteiger partial charge in [-0.25, -0.2) is 5.84 Å². The van der Waals surface area contributed by atoms with Crippen LogP contribution in [-0.4, -0.2) is 52.1 Å². The van der Waals surface area contributed by atoms with Gasteiger partial charge in [-0.1, -0.05) is 0 Å². The first-order chi connectivity index (χ1) is 9.72. The molecule has 1 fully saturated rings. The van der Waals surface area contributed by atoms with Crippen LogP contribution in [0.3, 0.4) is 0 Å². The number of anilines is 2. The number of ether oxygens (including phenoxy) is 1. The Hall–Kier alpha value is -1.67. The lowest BCUT2D eigenvalue weighted by atomic mass is 10.3. The summed E-state index contributed by atoms with van der Waals surface area (Å²) in [6, 6.07) is 0.714. The molecule has 0 spiro atoms. The van der Waals surface area contributed by atoms with E-state index in [4.69, 9.17) is 10.6 Å². The quantitative estimate of drug-likeness (QED) is 0.489. The molecule has 20 heavy (non-hydrogen) atoms. The van der Waals surface area contributed by atoms with E-state index in [9.17, 15) is 0 Å². The molecule has 0 radical (unpaired) electrons. The van der Waals surface area contributed by atoms with Crippen molar-refractivity contribution in [3.63, 3.8) is 0 Å². The first-order valence-corrected chi connectivity index (χ1v) is 7.06. The summed E-state index contributed by atoms with van der Waals surface area (Å²) in [5.41, 5.74) is 2.42. The molecule has 0 amide bonds. The SMILES string of the molecule is CCOc1nc(NN)nc(NCC(C)N2CCCC2)n1. The topological polar surface area (TPSA) is 101 Å². The van der Waals surface area contributed by atoms with E-state index in [1.807, 2.05) is 6.92 Å². The van der Waals surface area contributed by atoms with E-state index in [1.165, 1.54) is 25.9 Å². The van der Waals surface area contributed by atoms with E-state index in [1.54, 1.807) is 0 Å². The second-order valence-electron chi connectivity index (χ2n) is 4.82. The van der Waals surface area contributed by atoms with Crippen molar-refractivity contribution in [3.8, 4) is 6.01 Å². The van der Waals surface area contributed by atoms with Gasteiger partial charge >= 0.3 is 6.01 Å². The van der Waals surface area contributed by atoms with Crippen molar-refractivity contribution in [1.29, 1.82) is 0 Å². The average Bonchev–Trinajstić information content (AvgIpc) is 2.99. The summed E-state index contributed by atoms with van der Waals surface area (Å²) in [5, 5.41) is 3.22. The van der Waals surface area contributed by atoms with Crippen LogP contribution in [0.1, 0.15) is 26.7 Å². The maximum Gasteiger partial charge on any atom is 0.323 e. The highest BCUT2D eigenvalue weighted by atomic mass is 16.5. The Bertz CT molecular complexity index is 422. The molecular formula is C12H23N7O. The first-order valence-electron chi connectivity index (χ1n) is 7.06. The van der Waals surface area contributed by atoms with E-state index in [-0.39, 0.29) is 6.01 Å². The minimum absolute atomic E-state index is 0.270. The summed E-state index contributed by atoms with van der Waals surface area (Å²) in [5.74, 6) is 6.11. The fourth-order valence-corrected chi connectivity index (χ4v) is 2.24. The second kappa shape index (κ2) is 7.20. The largest absolute Gasteiger partial charge is 0.464 e. The third-order valence-electron chi connectivity index (χ3n) is 3.34. The third-order valence-corrected chi connectivity index (χ3v) is 3.34. The summed E-state index contributed by atoms with van der Waals surface area (Å²) in [6.45, 7) is 7.68. The van der Waals surface area contributed by atoms with Gasteiger partial charge < -0.3 is 10.1 Å². The predicted molar refractivity (Wildman–Crippen MR) is 77.6 cm³/mol. The molecule has 4 N–H and O–H groups in total. The fraction of sp³-hybridized carbons (Fsp3) is 0.750. The second-order valence-corrected chi connectivity index (χ2v) is 4.82. The summed E-state index contributed by atoms with van der Waals surface area (Å²) in [6.07, 6.45) is 2.57. The summed E-state index contributed by atoms with van der Waals surface area (Å²) in [7, 11) is 0. The molecule has 8 heteroatoms. The van der Waals surface area contributed by atoms with Gasteiger partial charge in [0.25, 0.3) is 0 Å². The minimum atomic E-state index is 0.270. The van der Waals surface area contributed by atoms with E-state index in [2.05, 4.69) is 37.5 Å². The summed E-state index contributed by atoms with van der Waals surface area (Å²) in [4.78, 5) is 14.8. The zero-order chi connectivity index (χ0) is 14.4. The van der Waals surface area contributed by atoms with Crippen LogP contribution in [-0.2, 0) is 0 Å². The van der Waals surface area contributed by atoms with Crippen LogP contribution in [0.4, 0.5) is 11.9 Å². The zero-order valence-electron chi connectivity index (χ0n) is 12.1. The van der Waals surface area contributed by atoms with Gasteiger partial charge in [-0.15, -0.1) is 0 Å². The van der Waals surface area contributed by atoms with E-state index in [0.717, 1.165) is 6.54 Å². The number of aromatic nitrogens is 3. The van der Waals surface area contributed by atoms with Gasteiger partial charge in [0.15, 0.2) is 0 Å². The molecule has 0 saturated carbocycles. The molecule has 2 heterocycles. The van der Waals surface area contributed by atoms with Crippen molar-refractivity contribution < 1.29 is 4.74 Å². The van der Waals surface area contributed by atoms with Gasteiger partial charge in [0.1, 0.15) is 0 Å².